The zero-order chi connectivity index (χ0) is 15.7. The highest BCUT2D eigenvalue weighted by Gasteiger charge is 2.36. The Morgan fingerprint density at radius 3 is 2.91 bits per heavy atom. The van der Waals surface area contributed by atoms with Gasteiger partial charge in [-0.05, 0) is 6.07 Å². The predicted molar refractivity (Wildman–Crippen MR) is 79.2 cm³/mol. The highest BCUT2D eigenvalue weighted by molar-refractivity contribution is 5.78. The minimum Gasteiger partial charge on any atom is -0.497 e. The molecule has 0 saturated carbocycles. The van der Waals surface area contributed by atoms with Gasteiger partial charge in [-0.2, -0.15) is 0 Å². The quantitative estimate of drug-likeness (QED) is 0.890. The average Bonchev–Trinajstić information content (AvgIpc) is 3.10. The number of nitrogens with zero attached hydrogens (tertiary/aromatic N) is 1. The fourth-order valence-electron chi connectivity index (χ4n) is 3.08. The van der Waals surface area contributed by atoms with Crippen LogP contribution in [0.2, 0.25) is 0 Å². The van der Waals surface area contributed by atoms with Crippen LogP contribution in [-0.4, -0.2) is 62.0 Å². The number of carbonyl (C=O) groups excluding carboxylic acids is 1. The van der Waals surface area contributed by atoms with Crippen LogP contribution in [0.1, 0.15) is 17.9 Å². The van der Waals surface area contributed by atoms with Crippen molar-refractivity contribution >= 4 is 5.91 Å². The Balaban J connectivity index is 1.65. The van der Waals surface area contributed by atoms with Crippen molar-refractivity contribution < 1.29 is 24.1 Å². The molecule has 0 spiro atoms. The maximum absolute atomic E-state index is 12.4. The molecule has 1 fully saturated rings. The van der Waals surface area contributed by atoms with Gasteiger partial charge in [-0.1, -0.05) is 6.07 Å². The largest absolute Gasteiger partial charge is 0.497 e. The summed E-state index contributed by atoms with van der Waals surface area (Å²) < 4.78 is 16.0. The lowest BCUT2D eigenvalue weighted by Crippen LogP contribution is -2.31. The molecule has 3 atom stereocenters. The normalized spacial score (nSPS) is 26.7. The number of aliphatic hydroxyl groups excluding tert-OH is 1. The van der Waals surface area contributed by atoms with E-state index in [9.17, 15) is 9.90 Å². The molecule has 0 bridgehead atoms. The van der Waals surface area contributed by atoms with Gasteiger partial charge in [-0.3, -0.25) is 4.79 Å². The van der Waals surface area contributed by atoms with Gasteiger partial charge in [0.05, 0.1) is 19.8 Å². The van der Waals surface area contributed by atoms with Crippen LogP contribution in [0, 0.1) is 0 Å². The fourth-order valence-corrected chi connectivity index (χ4v) is 3.08. The van der Waals surface area contributed by atoms with Gasteiger partial charge in [0.25, 0.3) is 0 Å². The molecular formula is C16H21NO5. The Labute approximate surface area is 129 Å². The predicted octanol–water partition coefficient (Wildman–Crippen LogP) is 0.779. The summed E-state index contributed by atoms with van der Waals surface area (Å²) in [6.07, 6.45) is -0.520. The molecule has 1 aromatic carbocycles. The molecule has 2 aliphatic heterocycles. The summed E-state index contributed by atoms with van der Waals surface area (Å²) in [4.78, 5) is 14.1. The zero-order valence-corrected chi connectivity index (χ0v) is 12.8. The van der Waals surface area contributed by atoms with Crippen LogP contribution in [0.4, 0.5) is 0 Å². The maximum Gasteiger partial charge on any atom is 0.223 e. The van der Waals surface area contributed by atoms with Gasteiger partial charge in [-0.25, -0.2) is 0 Å². The molecule has 0 radical (unpaired) electrons. The van der Waals surface area contributed by atoms with Crippen LogP contribution in [0.5, 0.6) is 11.5 Å². The van der Waals surface area contributed by atoms with Crippen LogP contribution in [0.25, 0.3) is 0 Å². The number of β-amino-alcohol motifs (C(OH)–C–C–N with tert-alkyl or cyclic N) is 1. The van der Waals surface area contributed by atoms with Crippen molar-refractivity contribution in [2.45, 2.75) is 24.5 Å². The van der Waals surface area contributed by atoms with E-state index in [2.05, 4.69) is 0 Å². The topological polar surface area (TPSA) is 68.2 Å². The summed E-state index contributed by atoms with van der Waals surface area (Å²) in [6, 6.07) is 5.68. The number of amides is 1. The van der Waals surface area contributed by atoms with Crippen LogP contribution in [0.3, 0.4) is 0 Å². The van der Waals surface area contributed by atoms with Gasteiger partial charge in [0, 0.05) is 44.2 Å². The van der Waals surface area contributed by atoms with E-state index in [1.54, 1.807) is 19.1 Å². The molecule has 1 saturated heterocycles. The minimum atomic E-state index is -0.606. The molecule has 1 unspecified atom stereocenters. The highest BCUT2D eigenvalue weighted by atomic mass is 16.5. The second kappa shape index (κ2) is 6.14. The Morgan fingerprint density at radius 2 is 2.23 bits per heavy atom. The van der Waals surface area contributed by atoms with E-state index in [0.29, 0.717) is 26.1 Å². The molecule has 2 heterocycles. The van der Waals surface area contributed by atoms with Gasteiger partial charge < -0.3 is 24.2 Å². The number of fused-ring (bicyclic) bond motifs is 1. The van der Waals surface area contributed by atoms with Crippen molar-refractivity contribution in [3.8, 4) is 11.5 Å². The highest BCUT2D eigenvalue weighted by Crippen LogP contribution is 2.38. The second-order valence-electron chi connectivity index (χ2n) is 5.76. The molecule has 3 rings (SSSR count). The van der Waals surface area contributed by atoms with E-state index in [0.717, 1.165) is 17.1 Å². The number of benzene rings is 1. The summed E-state index contributed by atoms with van der Waals surface area (Å²) in [5.41, 5.74) is 1.04. The lowest BCUT2D eigenvalue weighted by atomic mass is 9.97. The van der Waals surface area contributed by atoms with Gasteiger partial charge in [0.1, 0.15) is 17.6 Å². The van der Waals surface area contributed by atoms with E-state index in [-0.39, 0.29) is 17.9 Å². The Morgan fingerprint density at radius 1 is 1.41 bits per heavy atom. The molecular weight excluding hydrogens is 286 g/mol. The van der Waals surface area contributed by atoms with Gasteiger partial charge in [0.2, 0.25) is 5.91 Å². The Kier molecular flexibility index (Phi) is 4.22. The summed E-state index contributed by atoms with van der Waals surface area (Å²) in [5, 5.41) is 9.83. The molecule has 120 valence electrons. The number of aliphatic hydroxyl groups is 1. The standard InChI is InChI=1S/C16H21NO5/c1-20-11-3-4-12-10(9-22-14(12)6-11)5-16(19)17-7-13(18)15(8-17)21-2/h3-4,6,10,13,15,18H,5,7-9H2,1-2H3/t10?,13-,15-/m1/s1. The van der Waals surface area contributed by atoms with E-state index < -0.39 is 6.10 Å². The van der Waals surface area contributed by atoms with Crippen molar-refractivity contribution in [2.75, 3.05) is 33.9 Å². The molecule has 1 amide bonds. The lowest BCUT2D eigenvalue weighted by Gasteiger charge is -2.18. The first-order valence-electron chi connectivity index (χ1n) is 7.41. The van der Waals surface area contributed by atoms with Gasteiger partial charge in [0.15, 0.2) is 0 Å². The number of likely N-dealkylation sites (tertiary alicyclic amines) is 1. The Hall–Kier alpha value is -1.79. The minimum absolute atomic E-state index is 0.0240. The van der Waals surface area contributed by atoms with Crippen LogP contribution in [0.15, 0.2) is 18.2 Å². The van der Waals surface area contributed by atoms with Crippen LogP contribution in [-0.2, 0) is 9.53 Å². The Bertz CT molecular complexity index is 561. The second-order valence-corrected chi connectivity index (χ2v) is 5.76. The van der Waals surface area contributed by atoms with Crippen molar-refractivity contribution in [1.82, 2.24) is 4.90 Å². The molecule has 1 aromatic rings. The molecule has 1 N–H and O–H groups in total. The van der Waals surface area contributed by atoms with Crippen molar-refractivity contribution in [2.24, 2.45) is 0 Å². The number of rotatable bonds is 4. The summed E-state index contributed by atoms with van der Waals surface area (Å²) >= 11 is 0. The molecule has 6 heteroatoms. The van der Waals surface area contributed by atoms with Crippen LogP contribution >= 0.6 is 0 Å². The van der Waals surface area contributed by atoms with Crippen molar-refractivity contribution in [3.05, 3.63) is 23.8 Å². The number of hydrogen-bond acceptors (Lipinski definition) is 5. The lowest BCUT2D eigenvalue weighted by molar-refractivity contribution is -0.131. The van der Waals surface area contributed by atoms with E-state index >= 15 is 0 Å². The third-order valence-corrected chi connectivity index (χ3v) is 4.41. The summed E-state index contributed by atoms with van der Waals surface area (Å²) in [6.45, 7) is 1.28. The number of methoxy groups -OCH3 is 2. The number of hydrogen-bond donors (Lipinski definition) is 1. The maximum atomic E-state index is 12.4. The third kappa shape index (κ3) is 2.76. The van der Waals surface area contributed by atoms with Crippen LogP contribution < -0.4 is 9.47 Å². The first kappa shape index (κ1) is 15.1. The molecule has 0 aliphatic carbocycles. The average molecular weight is 307 g/mol. The monoisotopic (exact) mass is 307 g/mol. The van der Waals surface area contributed by atoms with Crippen molar-refractivity contribution in [1.29, 1.82) is 0 Å². The fraction of sp³-hybridized carbons (Fsp3) is 0.562. The van der Waals surface area contributed by atoms with Gasteiger partial charge >= 0.3 is 0 Å². The van der Waals surface area contributed by atoms with E-state index in [1.165, 1.54) is 0 Å². The van der Waals surface area contributed by atoms with Crippen molar-refractivity contribution in [3.63, 3.8) is 0 Å². The smallest absolute Gasteiger partial charge is 0.223 e. The first-order chi connectivity index (χ1) is 10.6. The molecule has 0 aromatic heterocycles. The molecule has 6 nitrogen and oxygen atoms in total. The molecule has 22 heavy (non-hydrogen) atoms. The first-order valence-corrected chi connectivity index (χ1v) is 7.41. The number of carbonyl (C=O) groups is 1. The third-order valence-electron chi connectivity index (χ3n) is 4.41. The zero-order valence-electron chi connectivity index (χ0n) is 12.8. The number of ether oxygens (including phenoxy) is 3. The molecule has 2 aliphatic rings. The SMILES string of the molecule is COc1ccc2c(c1)OCC2CC(=O)N1C[C@@H](O)[C@H](OC)C1. The van der Waals surface area contributed by atoms with Gasteiger partial charge in [-0.15, -0.1) is 0 Å². The van der Waals surface area contributed by atoms with E-state index in [1.807, 2.05) is 18.2 Å². The summed E-state index contributed by atoms with van der Waals surface area (Å²) in [5.74, 6) is 1.60. The van der Waals surface area contributed by atoms with E-state index in [4.69, 9.17) is 14.2 Å². The summed E-state index contributed by atoms with van der Waals surface area (Å²) in [7, 11) is 3.17.